The van der Waals surface area contributed by atoms with E-state index in [0.717, 1.165) is 32.0 Å². The molecule has 1 aliphatic heterocycles. The first kappa shape index (κ1) is 13.4. The highest BCUT2D eigenvalue weighted by molar-refractivity contribution is 5.80. The van der Waals surface area contributed by atoms with E-state index in [4.69, 9.17) is 0 Å². The Hall–Kier alpha value is -0.570. The first-order chi connectivity index (χ1) is 9.25. The zero-order chi connectivity index (χ0) is 13.2. The van der Waals surface area contributed by atoms with E-state index in [2.05, 4.69) is 17.1 Å². The van der Waals surface area contributed by atoms with Crippen LogP contribution in [0.5, 0.6) is 0 Å². The molecule has 0 aromatic heterocycles. The van der Waals surface area contributed by atoms with Crippen molar-refractivity contribution in [2.45, 2.75) is 57.9 Å². The fraction of sp³-hybridized carbons (Fsp3) is 0.938. The van der Waals surface area contributed by atoms with E-state index in [1.807, 2.05) is 0 Å². The lowest BCUT2D eigenvalue weighted by Gasteiger charge is -2.32. The standard InChI is InChI=1S/C16H28N2O/c1-12-3-2-4-15(12)16(19)18(14-5-6-14)11-13-7-9-17-10-8-13/h12-15,17H,2-11H2,1H3. The summed E-state index contributed by atoms with van der Waals surface area (Å²) >= 11 is 0. The average Bonchev–Trinajstić information content (AvgIpc) is 3.18. The number of nitrogens with zero attached hydrogens (tertiary/aromatic N) is 1. The molecule has 3 aliphatic rings. The number of rotatable bonds is 4. The van der Waals surface area contributed by atoms with Crippen LogP contribution in [0.1, 0.15) is 51.9 Å². The molecule has 2 aliphatic carbocycles. The lowest BCUT2D eigenvalue weighted by atomic mass is 9.94. The average molecular weight is 264 g/mol. The lowest BCUT2D eigenvalue weighted by Crippen LogP contribution is -2.43. The highest BCUT2D eigenvalue weighted by Crippen LogP contribution is 2.37. The van der Waals surface area contributed by atoms with Gasteiger partial charge in [-0.25, -0.2) is 0 Å². The summed E-state index contributed by atoms with van der Waals surface area (Å²) in [7, 11) is 0. The van der Waals surface area contributed by atoms with Gasteiger partial charge in [0.1, 0.15) is 0 Å². The third-order valence-corrected chi connectivity index (χ3v) is 5.36. The van der Waals surface area contributed by atoms with Crippen molar-refractivity contribution in [1.29, 1.82) is 0 Å². The van der Waals surface area contributed by atoms with Crippen LogP contribution in [-0.2, 0) is 4.79 Å². The van der Waals surface area contributed by atoms with Gasteiger partial charge >= 0.3 is 0 Å². The molecule has 3 fully saturated rings. The minimum absolute atomic E-state index is 0.335. The number of amides is 1. The summed E-state index contributed by atoms with van der Waals surface area (Å²) in [5.41, 5.74) is 0. The fourth-order valence-electron chi connectivity index (χ4n) is 3.87. The topological polar surface area (TPSA) is 32.3 Å². The van der Waals surface area contributed by atoms with Gasteiger partial charge in [0.25, 0.3) is 0 Å². The van der Waals surface area contributed by atoms with Crippen molar-refractivity contribution < 1.29 is 4.79 Å². The smallest absolute Gasteiger partial charge is 0.226 e. The van der Waals surface area contributed by atoms with Gasteiger partial charge in [0.2, 0.25) is 5.91 Å². The summed E-state index contributed by atoms with van der Waals surface area (Å²) in [5, 5.41) is 3.42. The zero-order valence-corrected chi connectivity index (χ0v) is 12.2. The van der Waals surface area contributed by atoms with E-state index in [1.54, 1.807) is 0 Å². The van der Waals surface area contributed by atoms with Gasteiger partial charge in [0.05, 0.1) is 0 Å². The van der Waals surface area contributed by atoms with E-state index >= 15 is 0 Å². The van der Waals surface area contributed by atoms with Crippen LogP contribution in [0.2, 0.25) is 0 Å². The largest absolute Gasteiger partial charge is 0.339 e. The summed E-state index contributed by atoms with van der Waals surface area (Å²) in [6.07, 6.45) is 8.63. The van der Waals surface area contributed by atoms with Crippen molar-refractivity contribution >= 4 is 5.91 Å². The third-order valence-electron chi connectivity index (χ3n) is 5.36. The second kappa shape index (κ2) is 5.82. The Morgan fingerprint density at radius 3 is 2.42 bits per heavy atom. The molecule has 1 saturated heterocycles. The Balaban J connectivity index is 1.61. The molecule has 1 heterocycles. The van der Waals surface area contributed by atoms with Gasteiger partial charge in [0.15, 0.2) is 0 Å². The predicted molar refractivity (Wildman–Crippen MR) is 76.8 cm³/mol. The molecule has 3 nitrogen and oxygen atoms in total. The SMILES string of the molecule is CC1CCCC1C(=O)N(CC1CCNCC1)C1CC1. The van der Waals surface area contributed by atoms with Crippen molar-refractivity contribution in [2.24, 2.45) is 17.8 Å². The van der Waals surface area contributed by atoms with Gasteiger partial charge in [0, 0.05) is 18.5 Å². The number of nitrogens with one attached hydrogen (secondary N) is 1. The third kappa shape index (κ3) is 3.13. The molecule has 3 rings (SSSR count). The van der Waals surface area contributed by atoms with Crippen LogP contribution in [0.3, 0.4) is 0 Å². The van der Waals surface area contributed by atoms with Gasteiger partial charge < -0.3 is 10.2 Å². The van der Waals surface area contributed by atoms with Crippen molar-refractivity contribution in [1.82, 2.24) is 10.2 Å². The summed E-state index contributed by atoms with van der Waals surface area (Å²) in [4.78, 5) is 15.1. The molecule has 0 spiro atoms. The monoisotopic (exact) mass is 264 g/mol. The minimum Gasteiger partial charge on any atom is -0.339 e. The van der Waals surface area contributed by atoms with Gasteiger partial charge in [-0.05, 0) is 63.5 Å². The molecule has 1 amide bonds. The molecular weight excluding hydrogens is 236 g/mol. The molecule has 2 atom stereocenters. The van der Waals surface area contributed by atoms with E-state index in [-0.39, 0.29) is 0 Å². The van der Waals surface area contributed by atoms with Gasteiger partial charge in [-0.15, -0.1) is 0 Å². The number of hydrogen-bond donors (Lipinski definition) is 1. The van der Waals surface area contributed by atoms with E-state index in [1.165, 1.54) is 38.5 Å². The maximum atomic E-state index is 12.8. The Bertz CT molecular complexity index is 321. The second-order valence-electron chi connectivity index (χ2n) is 6.93. The van der Waals surface area contributed by atoms with Gasteiger partial charge in [-0.1, -0.05) is 13.3 Å². The van der Waals surface area contributed by atoms with E-state index in [9.17, 15) is 4.79 Å². The van der Waals surface area contributed by atoms with Crippen molar-refractivity contribution in [2.75, 3.05) is 19.6 Å². The summed E-state index contributed by atoms with van der Waals surface area (Å²) in [6.45, 7) is 5.58. The molecule has 0 radical (unpaired) electrons. The van der Waals surface area contributed by atoms with E-state index < -0.39 is 0 Å². The Morgan fingerprint density at radius 1 is 1.11 bits per heavy atom. The van der Waals surface area contributed by atoms with E-state index in [0.29, 0.717) is 23.8 Å². The summed E-state index contributed by atoms with van der Waals surface area (Å²) in [6, 6.07) is 0.593. The molecule has 19 heavy (non-hydrogen) atoms. The number of carbonyl (C=O) groups excluding carboxylic acids is 1. The van der Waals surface area contributed by atoms with Crippen LogP contribution in [0, 0.1) is 17.8 Å². The molecule has 0 bridgehead atoms. The zero-order valence-electron chi connectivity index (χ0n) is 12.2. The van der Waals surface area contributed by atoms with Crippen LogP contribution >= 0.6 is 0 Å². The lowest BCUT2D eigenvalue weighted by molar-refractivity contribution is -0.138. The normalized spacial score (nSPS) is 32.5. The van der Waals surface area contributed by atoms with Gasteiger partial charge in [-0.3, -0.25) is 4.79 Å². The Morgan fingerprint density at radius 2 is 1.84 bits per heavy atom. The quantitative estimate of drug-likeness (QED) is 0.845. The van der Waals surface area contributed by atoms with Crippen LogP contribution in [-0.4, -0.2) is 36.5 Å². The second-order valence-corrected chi connectivity index (χ2v) is 6.93. The highest BCUT2D eigenvalue weighted by atomic mass is 16.2. The van der Waals surface area contributed by atoms with Crippen LogP contribution in [0.25, 0.3) is 0 Å². The van der Waals surface area contributed by atoms with Crippen molar-refractivity contribution in [3.05, 3.63) is 0 Å². The minimum atomic E-state index is 0.335. The number of carbonyl (C=O) groups is 1. The summed E-state index contributed by atoms with van der Waals surface area (Å²) in [5.74, 6) is 2.18. The van der Waals surface area contributed by atoms with Crippen molar-refractivity contribution in [3.8, 4) is 0 Å². The summed E-state index contributed by atoms with van der Waals surface area (Å²) < 4.78 is 0. The predicted octanol–water partition coefficient (Wildman–Crippen LogP) is 2.41. The molecule has 0 aromatic carbocycles. The first-order valence-electron chi connectivity index (χ1n) is 8.27. The first-order valence-corrected chi connectivity index (χ1v) is 8.27. The van der Waals surface area contributed by atoms with Crippen molar-refractivity contribution in [3.63, 3.8) is 0 Å². The molecule has 1 N–H and O–H groups in total. The number of hydrogen-bond acceptors (Lipinski definition) is 2. The van der Waals surface area contributed by atoms with Crippen LogP contribution in [0.15, 0.2) is 0 Å². The highest BCUT2D eigenvalue weighted by Gasteiger charge is 2.39. The van der Waals surface area contributed by atoms with Crippen LogP contribution in [0.4, 0.5) is 0 Å². The fourth-order valence-corrected chi connectivity index (χ4v) is 3.87. The molecular formula is C16H28N2O. The molecule has 3 heteroatoms. The molecule has 2 unspecified atom stereocenters. The maximum Gasteiger partial charge on any atom is 0.226 e. The maximum absolute atomic E-state index is 12.8. The molecule has 2 saturated carbocycles. The van der Waals surface area contributed by atoms with Crippen LogP contribution < -0.4 is 5.32 Å². The Labute approximate surface area is 117 Å². The number of piperidine rings is 1. The molecule has 108 valence electrons. The van der Waals surface area contributed by atoms with Gasteiger partial charge in [-0.2, -0.15) is 0 Å². The Kier molecular flexibility index (Phi) is 4.11. The molecule has 0 aromatic rings.